The fourth-order valence-electron chi connectivity index (χ4n) is 1.89. The number of rotatable bonds is 3. The van der Waals surface area contributed by atoms with Crippen LogP contribution in [-0.4, -0.2) is 41.1 Å². The van der Waals surface area contributed by atoms with Gasteiger partial charge in [-0.15, -0.1) is 0 Å². The highest BCUT2D eigenvalue weighted by Gasteiger charge is 2.49. The molecule has 4 atom stereocenters. The number of aliphatic hydroxyl groups is 2. The first-order chi connectivity index (χ1) is 8.54. The van der Waals surface area contributed by atoms with Gasteiger partial charge in [-0.2, -0.15) is 4.57 Å². The van der Waals surface area contributed by atoms with Crippen molar-refractivity contribution in [2.24, 2.45) is 5.73 Å². The van der Waals surface area contributed by atoms with E-state index in [9.17, 15) is 14.3 Å². The van der Waals surface area contributed by atoms with Crippen LogP contribution in [0.1, 0.15) is 16.6 Å². The molecule has 1 fully saturated rings. The second-order valence-corrected chi connectivity index (χ2v) is 4.09. The molecule has 6 nitrogen and oxygen atoms in total. The van der Waals surface area contributed by atoms with Crippen molar-refractivity contribution in [2.45, 2.75) is 24.6 Å². The summed E-state index contributed by atoms with van der Waals surface area (Å²) in [7, 11) is 0. The smallest absolute Gasteiger partial charge is 0.297 e. The Hall–Kier alpha value is -1.57. The Morgan fingerprint density at radius 3 is 2.89 bits per heavy atom. The van der Waals surface area contributed by atoms with E-state index in [-0.39, 0.29) is 5.56 Å². The van der Waals surface area contributed by atoms with Crippen LogP contribution in [0, 0.1) is 0 Å². The van der Waals surface area contributed by atoms with Gasteiger partial charge in [0.25, 0.3) is 12.1 Å². The van der Waals surface area contributed by atoms with Crippen LogP contribution in [0.15, 0.2) is 24.5 Å². The number of nitrogens with zero attached hydrogens (tertiary/aromatic N) is 1. The van der Waals surface area contributed by atoms with E-state index in [1.165, 1.54) is 29.1 Å². The van der Waals surface area contributed by atoms with E-state index in [4.69, 9.17) is 15.6 Å². The summed E-state index contributed by atoms with van der Waals surface area (Å²) in [6, 6.07) is 3.01. The number of hydrogen-bond donors (Lipinski definition) is 3. The number of carbonyl (C=O) groups is 1. The van der Waals surface area contributed by atoms with E-state index in [2.05, 4.69) is 0 Å². The Balaban J connectivity index is 2.27. The van der Waals surface area contributed by atoms with E-state index in [0.717, 1.165) is 0 Å². The summed E-state index contributed by atoms with van der Waals surface area (Å²) in [6.45, 7) is -0.478. The molecule has 7 heteroatoms. The monoisotopic (exact) mass is 257 g/mol. The largest absolute Gasteiger partial charge is 0.394 e. The van der Waals surface area contributed by atoms with Gasteiger partial charge in [0.2, 0.25) is 6.17 Å². The van der Waals surface area contributed by atoms with Crippen LogP contribution >= 0.6 is 0 Å². The maximum Gasteiger partial charge on any atom is 0.297 e. The van der Waals surface area contributed by atoms with Crippen molar-refractivity contribution in [1.82, 2.24) is 0 Å². The second kappa shape index (κ2) is 4.97. The number of carbonyl (C=O) groups excluding carboxylic acids is 1. The van der Waals surface area contributed by atoms with E-state index >= 15 is 0 Å². The summed E-state index contributed by atoms with van der Waals surface area (Å²) in [5.74, 6) is -0.642. The minimum Gasteiger partial charge on any atom is -0.394 e. The Labute approximate surface area is 102 Å². The zero-order chi connectivity index (χ0) is 13.3. The van der Waals surface area contributed by atoms with Gasteiger partial charge < -0.3 is 20.7 Å². The number of ether oxygens (including phenoxy) is 1. The lowest BCUT2D eigenvalue weighted by Gasteiger charge is -2.08. The summed E-state index contributed by atoms with van der Waals surface area (Å²) < 4.78 is 20.3. The molecule has 1 aromatic heterocycles. The van der Waals surface area contributed by atoms with E-state index in [1.807, 2.05) is 0 Å². The standard InChI is InChI=1S/C11H13FN2O4/c12-8-9(16)7(5-15)18-11(8)14-3-1-2-6(4-14)10(13)17/h1-4,7-9,11,15-16H,5H2,(H-,13,17)/p+1/t7-,8+,9?,11-/m1/s1. The SMILES string of the molecule is NC(=O)c1ccc[n+]([C@@H]2O[C@H](CO)C(O)[C@@H]2F)c1. The predicted molar refractivity (Wildman–Crippen MR) is 57.1 cm³/mol. The molecule has 1 aromatic rings. The number of alkyl halides is 1. The molecule has 2 heterocycles. The fraction of sp³-hybridized carbons (Fsp3) is 0.455. The van der Waals surface area contributed by atoms with Gasteiger partial charge in [-0.05, 0) is 6.07 Å². The lowest BCUT2D eigenvalue weighted by molar-refractivity contribution is -0.764. The van der Waals surface area contributed by atoms with E-state index in [1.54, 1.807) is 0 Å². The summed E-state index contributed by atoms with van der Waals surface area (Å²) in [5, 5.41) is 18.4. The quantitative estimate of drug-likeness (QED) is 0.584. The predicted octanol–water partition coefficient (Wildman–Crippen LogP) is -1.34. The summed E-state index contributed by atoms with van der Waals surface area (Å²) in [5.41, 5.74) is 5.32. The molecule has 4 N–H and O–H groups in total. The van der Waals surface area contributed by atoms with Crippen LogP contribution < -0.4 is 10.3 Å². The van der Waals surface area contributed by atoms with Crippen molar-refractivity contribution in [3.63, 3.8) is 0 Å². The number of pyridine rings is 1. The number of nitrogens with two attached hydrogens (primary N) is 1. The van der Waals surface area contributed by atoms with Gasteiger partial charge in [-0.25, -0.2) is 4.39 Å². The first-order valence-electron chi connectivity index (χ1n) is 5.43. The molecule has 1 aliphatic heterocycles. The lowest BCUT2D eigenvalue weighted by Crippen LogP contribution is -2.45. The molecule has 0 aliphatic carbocycles. The van der Waals surface area contributed by atoms with Gasteiger partial charge in [0.1, 0.15) is 17.8 Å². The Kier molecular flexibility index (Phi) is 3.55. The molecule has 1 unspecified atom stereocenters. The molecular weight excluding hydrogens is 243 g/mol. The minimum atomic E-state index is -1.68. The van der Waals surface area contributed by atoms with Crippen LogP contribution in [-0.2, 0) is 4.74 Å². The number of primary amides is 1. The van der Waals surface area contributed by atoms with Crippen molar-refractivity contribution >= 4 is 5.91 Å². The molecule has 0 spiro atoms. The molecule has 0 bridgehead atoms. The van der Waals surface area contributed by atoms with Crippen molar-refractivity contribution < 1.29 is 28.7 Å². The maximum absolute atomic E-state index is 13.8. The molecule has 1 aliphatic rings. The summed E-state index contributed by atoms with van der Waals surface area (Å²) in [4.78, 5) is 11.0. The normalized spacial score (nSPS) is 31.5. The van der Waals surface area contributed by atoms with Crippen LogP contribution in [0.3, 0.4) is 0 Å². The van der Waals surface area contributed by atoms with E-state index in [0.29, 0.717) is 0 Å². The van der Waals surface area contributed by atoms with Crippen LogP contribution in [0.25, 0.3) is 0 Å². The van der Waals surface area contributed by atoms with Gasteiger partial charge in [0.05, 0.1) is 6.61 Å². The molecule has 0 radical (unpaired) electrons. The molecule has 18 heavy (non-hydrogen) atoms. The van der Waals surface area contributed by atoms with Crippen molar-refractivity contribution in [1.29, 1.82) is 0 Å². The minimum absolute atomic E-state index is 0.204. The number of halogens is 1. The third kappa shape index (κ3) is 2.20. The van der Waals surface area contributed by atoms with Crippen molar-refractivity contribution in [2.75, 3.05) is 6.61 Å². The van der Waals surface area contributed by atoms with Crippen molar-refractivity contribution in [3.8, 4) is 0 Å². The molecule has 98 valence electrons. The number of hydrogen-bond acceptors (Lipinski definition) is 4. The number of aromatic nitrogens is 1. The maximum atomic E-state index is 13.8. The van der Waals surface area contributed by atoms with Crippen molar-refractivity contribution in [3.05, 3.63) is 30.1 Å². The average molecular weight is 257 g/mol. The molecule has 1 saturated heterocycles. The van der Waals surface area contributed by atoms with Gasteiger partial charge in [-0.3, -0.25) is 4.79 Å². The number of aliphatic hydroxyl groups excluding tert-OH is 2. The summed E-state index contributed by atoms with van der Waals surface area (Å²) >= 11 is 0. The molecule has 1 amide bonds. The molecular formula is C11H14FN2O4+. The van der Waals surface area contributed by atoms with Gasteiger partial charge in [0.15, 0.2) is 12.4 Å². The zero-order valence-corrected chi connectivity index (χ0v) is 9.44. The first-order valence-corrected chi connectivity index (χ1v) is 5.43. The van der Waals surface area contributed by atoms with Gasteiger partial charge >= 0.3 is 0 Å². The first kappa shape index (κ1) is 12.9. The Morgan fingerprint density at radius 2 is 2.33 bits per heavy atom. The second-order valence-electron chi connectivity index (χ2n) is 4.09. The van der Waals surface area contributed by atoms with Gasteiger partial charge in [0, 0.05) is 6.07 Å². The van der Waals surface area contributed by atoms with Gasteiger partial charge in [-0.1, -0.05) is 0 Å². The zero-order valence-electron chi connectivity index (χ0n) is 9.44. The topological polar surface area (TPSA) is 96.7 Å². The highest BCUT2D eigenvalue weighted by Crippen LogP contribution is 2.27. The number of amides is 1. The van der Waals surface area contributed by atoms with Crippen LogP contribution in [0.4, 0.5) is 4.39 Å². The molecule has 2 rings (SSSR count). The average Bonchev–Trinajstić information content (AvgIpc) is 2.66. The third-order valence-corrected chi connectivity index (χ3v) is 2.87. The fourth-order valence-corrected chi connectivity index (χ4v) is 1.89. The molecule has 0 aromatic carbocycles. The van der Waals surface area contributed by atoms with Crippen LogP contribution in [0.5, 0.6) is 0 Å². The highest BCUT2D eigenvalue weighted by molar-refractivity contribution is 5.92. The third-order valence-electron chi connectivity index (χ3n) is 2.87. The highest BCUT2D eigenvalue weighted by atomic mass is 19.1. The molecule has 0 saturated carbocycles. The lowest BCUT2D eigenvalue weighted by atomic mass is 10.1. The Bertz CT molecular complexity index is 456. The summed E-state index contributed by atoms with van der Waals surface area (Å²) in [6.07, 6.45) is -2.31. The van der Waals surface area contributed by atoms with E-state index < -0.39 is 37.1 Å². The van der Waals surface area contributed by atoms with Crippen LogP contribution in [0.2, 0.25) is 0 Å². The Morgan fingerprint density at radius 1 is 1.61 bits per heavy atom.